The summed E-state index contributed by atoms with van der Waals surface area (Å²) in [6.07, 6.45) is 7.18. The average molecular weight is 395 g/mol. The van der Waals surface area contributed by atoms with Crippen LogP contribution in [0.1, 0.15) is 61.1 Å². The molecular formula is C23H30N4O2. The third kappa shape index (κ3) is 4.69. The minimum absolute atomic E-state index is 0.0292. The average Bonchev–Trinajstić information content (AvgIpc) is 3.38. The summed E-state index contributed by atoms with van der Waals surface area (Å²) >= 11 is 0. The van der Waals surface area contributed by atoms with Crippen molar-refractivity contribution < 1.29 is 9.59 Å². The van der Waals surface area contributed by atoms with Crippen LogP contribution in [0.3, 0.4) is 0 Å². The summed E-state index contributed by atoms with van der Waals surface area (Å²) < 4.78 is 1.81. The van der Waals surface area contributed by atoms with Gasteiger partial charge in [0, 0.05) is 31.2 Å². The fraction of sp³-hybridized carbons (Fsp3) is 0.522. The zero-order valence-electron chi connectivity index (χ0n) is 17.1. The second-order valence-electron chi connectivity index (χ2n) is 8.41. The highest BCUT2D eigenvalue weighted by Crippen LogP contribution is 2.27. The summed E-state index contributed by atoms with van der Waals surface area (Å²) in [5.41, 5.74) is 2.37. The lowest BCUT2D eigenvalue weighted by atomic mass is 10.0. The Hall–Kier alpha value is -2.63. The molecule has 1 aromatic carbocycles. The third-order valence-electron chi connectivity index (χ3n) is 6.20. The fourth-order valence-electron chi connectivity index (χ4n) is 4.56. The van der Waals surface area contributed by atoms with Gasteiger partial charge in [-0.2, -0.15) is 5.10 Å². The molecule has 2 aromatic rings. The lowest BCUT2D eigenvalue weighted by molar-refractivity contribution is -0.122. The number of amides is 2. The van der Waals surface area contributed by atoms with E-state index in [1.165, 1.54) is 25.7 Å². The van der Waals surface area contributed by atoms with Gasteiger partial charge in [-0.1, -0.05) is 31.0 Å². The second-order valence-corrected chi connectivity index (χ2v) is 8.41. The molecule has 6 nitrogen and oxygen atoms in total. The number of carbonyl (C=O) groups excluding carboxylic acids is 2. The van der Waals surface area contributed by atoms with Gasteiger partial charge in [0.25, 0.3) is 5.91 Å². The van der Waals surface area contributed by atoms with Crippen molar-refractivity contribution in [2.45, 2.75) is 57.9 Å². The summed E-state index contributed by atoms with van der Waals surface area (Å²) in [5, 5.41) is 7.72. The number of likely N-dealkylation sites (tertiary alicyclic amines) is 1. The van der Waals surface area contributed by atoms with Crippen LogP contribution in [-0.4, -0.2) is 45.6 Å². The molecule has 6 heteroatoms. The van der Waals surface area contributed by atoms with Gasteiger partial charge in [-0.15, -0.1) is 0 Å². The van der Waals surface area contributed by atoms with E-state index in [1.807, 2.05) is 52.9 Å². The van der Waals surface area contributed by atoms with E-state index in [1.54, 1.807) is 0 Å². The molecular weight excluding hydrogens is 364 g/mol. The van der Waals surface area contributed by atoms with Gasteiger partial charge in [-0.25, -0.2) is 4.68 Å². The van der Waals surface area contributed by atoms with Crippen molar-refractivity contribution >= 4 is 11.8 Å². The lowest BCUT2D eigenvalue weighted by Crippen LogP contribution is -2.46. The van der Waals surface area contributed by atoms with Crippen molar-refractivity contribution in [2.24, 2.45) is 5.92 Å². The van der Waals surface area contributed by atoms with Gasteiger partial charge in [-0.05, 0) is 56.7 Å². The molecule has 1 aliphatic carbocycles. The molecule has 1 saturated carbocycles. The number of hydrogen-bond donors (Lipinski definition) is 1. The smallest absolute Gasteiger partial charge is 0.274 e. The molecule has 29 heavy (non-hydrogen) atoms. The molecule has 0 spiro atoms. The van der Waals surface area contributed by atoms with E-state index in [0.29, 0.717) is 31.1 Å². The number of hydrogen-bond acceptors (Lipinski definition) is 3. The quantitative estimate of drug-likeness (QED) is 0.844. The maximum Gasteiger partial charge on any atom is 0.274 e. The van der Waals surface area contributed by atoms with E-state index < -0.39 is 0 Å². The number of rotatable bonds is 5. The topological polar surface area (TPSA) is 67.2 Å². The first-order valence-electron chi connectivity index (χ1n) is 10.8. The Morgan fingerprint density at radius 3 is 2.45 bits per heavy atom. The van der Waals surface area contributed by atoms with Crippen LogP contribution in [0.15, 0.2) is 36.4 Å². The first-order valence-corrected chi connectivity index (χ1v) is 10.8. The van der Waals surface area contributed by atoms with Gasteiger partial charge in [-0.3, -0.25) is 9.59 Å². The molecule has 4 rings (SSSR count). The molecule has 1 saturated heterocycles. The van der Waals surface area contributed by atoms with Crippen LogP contribution in [0.2, 0.25) is 0 Å². The molecule has 0 bridgehead atoms. The minimum atomic E-state index is -0.0292. The summed E-state index contributed by atoms with van der Waals surface area (Å²) in [6, 6.07) is 11.9. The van der Waals surface area contributed by atoms with Gasteiger partial charge >= 0.3 is 0 Å². The van der Waals surface area contributed by atoms with Crippen molar-refractivity contribution in [3.05, 3.63) is 47.8 Å². The van der Waals surface area contributed by atoms with E-state index in [9.17, 15) is 9.59 Å². The summed E-state index contributed by atoms with van der Waals surface area (Å²) in [6.45, 7) is 3.28. The zero-order valence-corrected chi connectivity index (χ0v) is 17.1. The number of piperidine rings is 1. The van der Waals surface area contributed by atoms with Crippen molar-refractivity contribution in [1.29, 1.82) is 0 Å². The zero-order chi connectivity index (χ0) is 20.2. The molecule has 1 aromatic heterocycles. The molecule has 0 unspecified atom stereocenters. The molecule has 2 aliphatic rings. The molecule has 1 N–H and O–H groups in total. The normalized spacial score (nSPS) is 18.2. The molecule has 2 heterocycles. The van der Waals surface area contributed by atoms with E-state index in [4.69, 9.17) is 0 Å². The lowest BCUT2D eigenvalue weighted by Gasteiger charge is -2.32. The number of nitrogens with zero attached hydrogens (tertiary/aromatic N) is 3. The largest absolute Gasteiger partial charge is 0.353 e. The van der Waals surface area contributed by atoms with Crippen molar-refractivity contribution in [1.82, 2.24) is 20.0 Å². The van der Waals surface area contributed by atoms with Crippen molar-refractivity contribution in [2.75, 3.05) is 13.1 Å². The fourth-order valence-corrected chi connectivity index (χ4v) is 4.56. The van der Waals surface area contributed by atoms with Gasteiger partial charge < -0.3 is 10.2 Å². The summed E-state index contributed by atoms with van der Waals surface area (Å²) in [5.74, 6) is 0.719. The number of carbonyl (C=O) groups is 2. The highest BCUT2D eigenvalue weighted by atomic mass is 16.2. The Bertz CT molecular complexity index is 847. The van der Waals surface area contributed by atoms with Gasteiger partial charge in [0.05, 0.1) is 5.69 Å². The highest BCUT2D eigenvalue weighted by Gasteiger charge is 2.27. The molecule has 2 fully saturated rings. The van der Waals surface area contributed by atoms with Crippen LogP contribution in [0.5, 0.6) is 0 Å². The predicted molar refractivity (Wildman–Crippen MR) is 112 cm³/mol. The van der Waals surface area contributed by atoms with Crippen LogP contribution >= 0.6 is 0 Å². The Morgan fingerprint density at radius 1 is 1.07 bits per heavy atom. The standard InChI is InChI=1S/C23H30N4O2/c1-17-15-21(25-27(17)20-9-3-2-4-10-20)23(29)26-13-11-19(12-14-26)24-22(28)16-18-7-5-6-8-18/h2-4,9-10,15,18-19H,5-8,11-14,16H2,1H3,(H,24,28). The van der Waals surface area contributed by atoms with Gasteiger partial charge in [0.1, 0.15) is 0 Å². The number of para-hydroxylation sites is 1. The predicted octanol–water partition coefficient (Wildman–Crippen LogP) is 3.48. The van der Waals surface area contributed by atoms with E-state index in [2.05, 4.69) is 10.4 Å². The SMILES string of the molecule is Cc1cc(C(=O)N2CCC(NC(=O)CC3CCCC3)CC2)nn1-c1ccccc1. The molecule has 0 radical (unpaired) electrons. The van der Waals surface area contributed by atoms with E-state index in [0.717, 1.165) is 24.2 Å². The molecule has 154 valence electrons. The van der Waals surface area contributed by atoms with E-state index in [-0.39, 0.29) is 17.9 Å². The molecule has 0 atom stereocenters. The Kier molecular flexibility index (Phi) is 5.97. The number of aryl methyl sites for hydroxylation is 1. The first-order chi connectivity index (χ1) is 14.1. The second kappa shape index (κ2) is 8.80. The van der Waals surface area contributed by atoms with Crippen LogP contribution in [0, 0.1) is 12.8 Å². The number of benzene rings is 1. The Balaban J connectivity index is 1.30. The number of nitrogens with one attached hydrogen (secondary N) is 1. The minimum Gasteiger partial charge on any atom is -0.353 e. The molecule has 2 amide bonds. The highest BCUT2D eigenvalue weighted by molar-refractivity contribution is 5.92. The van der Waals surface area contributed by atoms with E-state index >= 15 is 0 Å². The Labute approximate surface area is 172 Å². The monoisotopic (exact) mass is 394 g/mol. The summed E-state index contributed by atoms with van der Waals surface area (Å²) in [7, 11) is 0. The van der Waals surface area contributed by atoms with Gasteiger partial charge in [0.2, 0.25) is 5.91 Å². The van der Waals surface area contributed by atoms with Gasteiger partial charge in [0.15, 0.2) is 5.69 Å². The maximum absolute atomic E-state index is 12.9. The summed E-state index contributed by atoms with van der Waals surface area (Å²) in [4.78, 5) is 27.1. The van der Waals surface area contributed by atoms with Crippen LogP contribution in [-0.2, 0) is 4.79 Å². The maximum atomic E-state index is 12.9. The van der Waals surface area contributed by atoms with Crippen molar-refractivity contribution in [3.63, 3.8) is 0 Å². The third-order valence-corrected chi connectivity index (χ3v) is 6.20. The molecule has 1 aliphatic heterocycles. The Morgan fingerprint density at radius 2 is 1.76 bits per heavy atom. The van der Waals surface area contributed by atoms with Crippen LogP contribution < -0.4 is 5.32 Å². The van der Waals surface area contributed by atoms with Crippen LogP contribution in [0.25, 0.3) is 5.69 Å². The first kappa shape index (κ1) is 19.7. The van der Waals surface area contributed by atoms with Crippen molar-refractivity contribution in [3.8, 4) is 5.69 Å². The number of aromatic nitrogens is 2. The van der Waals surface area contributed by atoms with Crippen LogP contribution in [0.4, 0.5) is 0 Å².